The summed E-state index contributed by atoms with van der Waals surface area (Å²) in [5.41, 5.74) is 1.65. The Kier molecular flexibility index (Phi) is 7.82. The van der Waals surface area contributed by atoms with E-state index in [1.54, 1.807) is 0 Å². The summed E-state index contributed by atoms with van der Waals surface area (Å²) in [4.78, 5) is 23.6. The lowest BCUT2D eigenvalue weighted by molar-refractivity contribution is -0.121. The van der Waals surface area contributed by atoms with Gasteiger partial charge in [-0.3, -0.25) is 9.59 Å². The monoisotopic (exact) mass is 455 g/mol. The summed E-state index contributed by atoms with van der Waals surface area (Å²) in [5.74, 6) is -0.200. The number of hydrogen-bond acceptors (Lipinski definition) is 4. The van der Waals surface area contributed by atoms with Crippen LogP contribution in [0.1, 0.15) is 36.5 Å². The zero-order valence-electron chi connectivity index (χ0n) is 18.5. The summed E-state index contributed by atoms with van der Waals surface area (Å²) in [7, 11) is -2.16. The van der Waals surface area contributed by atoms with E-state index in [2.05, 4.69) is 34.3 Å². The quantitative estimate of drug-likeness (QED) is 0.354. The Morgan fingerprint density at radius 3 is 2.44 bits per heavy atom. The van der Waals surface area contributed by atoms with Crippen molar-refractivity contribution in [3.8, 4) is 0 Å². The van der Waals surface area contributed by atoms with Gasteiger partial charge in [0.05, 0.1) is 4.90 Å². The van der Waals surface area contributed by atoms with Crippen molar-refractivity contribution in [2.75, 3.05) is 20.1 Å². The number of Topliss-reactive ketones (excluding diaryl/α,β-unsaturated/α-hetero) is 1. The number of nitrogens with one attached hydrogen (secondary N) is 1. The number of carbonyl (C=O) groups is 2. The first-order valence-corrected chi connectivity index (χ1v) is 12.1. The number of benzene rings is 2. The van der Waals surface area contributed by atoms with Crippen molar-refractivity contribution in [2.24, 2.45) is 0 Å². The average Bonchev–Trinajstić information content (AvgIpc) is 3.19. The molecule has 3 rings (SSSR count). The van der Waals surface area contributed by atoms with Gasteiger partial charge in [-0.2, -0.15) is 0 Å². The maximum absolute atomic E-state index is 12.6. The molecule has 0 unspecified atom stereocenters. The van der Waals surface area contributed by atoms with Gasteiger partial charge in [0.1, 0.15) is 0 Å². The molecular weight excluding hydrogens is 426 g/mol. The molecule has 0 saturated carbocycles. The largest absolute Gasteiger partial charge is 0.356 e. The molecule has 0 atom stereocenters. The lowest BCUT2D eigenvalue weighted by atomic mass is 10.2. The number of amides is 1. The molecule has 7 nitrogen and oxygen atoms in total. The van der Waals surface area contributed by atoms with E-state index in [9.17, 15) is 18.0 Å². The summed E-state index contributed by atoms with van der Waals surface area (Å²) in [6, 6.07) is 16.1. The van der Waals surface area contributed by atoms with Gasteiger partial charge in [0.2, 0.25) is 15.9 Å². The normalized spacial score (nSPS) is 11.7. The Morgan fingerprint density at radius 1 is 1.00 bits per heavy atom. The highest BCUT2D eigenvalue weighted by Crippen LogP contribution is 2.17. The van der Waals surface area contributed by atoms with Crippen LogP contribution in [0.3, 0.4) is 0 Å². The summed E-state index contributed by atoms with van der Waals surface area (Å²) < 4.78 is 28.7. The van der Waals surface area contributed by atoms with Crippen LogP contribution in [0.5, 0.6) is 0 Å². The van der Waals surface area contributed by atoms with E-state index in [0.717, 1.165) is 13.0 Å². The number of hydrogen-bond donors (Lipinski definition) is 1. The van der Waals surface area contributed by atoms with Crippen molar-refractivity contribution in [3.63, 3.8) is 0 Å². The van der Waals surface area contributed by atoms with Crippen molar-refractivity contribution in [1.82, 2.24) is 14.2 Å². The molecule has 0 aliphatic carbocycles. The van der Waals surface area contributed by atoms with Crippen LogP contribution in [0.25, 0.3) is 10.9 Å². The number of carbonyl (C=O) groups excluding carboxylic acids is 2. The molecule has 0 saturated heterocycles. The van der Waals surface area contributed by atoms with Gasteiger partial charge in [0.15, 0.2) is 5.78 Å². The average molecular weight is 456 g/mol. The van der Waals surface area contributed by atoms with Crippen LogP contribution in [-0.4, -0.2) is 49.1 Å². The van der Waals surface area contributed by atoms with Crippen LogP contribution in [0, 0.1) is 0 Å². The third-order valence-electron chi connectivity index (χ3n) is 5.42. The van der Waals surface area contributed by atoms with Gasteiger partial charge in [-0.1, -0.05) is 30.3 Å². The lowest BCUT2D eigenvalue weighted by Crippen LogP contribution is -2.30. The third kappa shape index (κ3) is 5.83. The van der Waals surface area contributed by atoms with Gasteiger partial charge in [-0.05, 0) is 49.4 Å². The van der Waals surface area contributed by atoms with Gasteiger partial charge in [-0.15, -0.1) is 0 Å². The molecule has 1 aromatic heterocycles. The summed E-state index contributed by atoms with van der Waals surface area (Å²) in [6.45, 7) is 3.06. The maximum Gasteiger partial charge on any atom is 0.242 e. The van der Waals surface area contributed by atoms with E-state index in [0.29, 0.717) is 18.5 Å². The van der Waals surface area contributed by atoms with Crippen LogP contribution < -0.4 is 5.32 Å². The molecule has 1 heterocycles. The smallest absolute Gasteiger partial charge is 0.242 e. The fourth-order valence-electron chi connectivity index (χ4n) is 3.53. The Balaban J connectivity index is 1.38. The third-order valence-corrected chi connectivity index (χ3v) is 7.30. The second-order valence-electron chi connectivity index (χ2n) is 7.78. The number of ketones is 1. The van der Waals surface area contributed by atoms with Crippen LogP contribution in [-0.2, 0) is 21.4 Å². The Bertz CT molecular complexity index is 1180. The van der Waals surface area contributed by atoms with Crippen LogP contribution in [0.4, 0.5) is 0 Å². The number of aromatic nitrogens is 1. The molecule has 1 N–H and O–H groups in total. The summed E-state index contributed by atoms with van der Waals surface area (Å²) in [5, 5.41) is 4.10. The predicted molar refractivity (Wildman–Crippen MR) is 125 cm³/mol. The highest BCUT2D eigenvalue weighted by atomic mass is 32.2. The van der Waals surface area contributed by atoms with Crippen LogP contribution in [0.15, 0.2) is 65.7 Å². The number of fused-ring (bicyclic) bond motifs is 1. The van der Waals surface area contributed by atoms with E-state index in [1.165, 1.54) is 53.4 Å². The lowest BCUT2D eigenvalue weighted by Gasteiger charge is -2.17. The first-order valence-electron chi connectivity index (χ1n) is 10.7. The second kappa shape index (κ2) is 10.6. The number of nitrogens with zero attached hydrogens (tertiary/aromatic N) is 2. The Hall–Kier alpha value is -2.97. The summed E-state index contributed by atoms with van der Waals surface area (Å²) >= 11 is 0. The van der Waals surface area contributed by atoms with E-state index < -0.39 is 10.0 Å². The first-order chi connectivity index (χ1) is 15.3. The van der Waals surface area contributed by atoms with Crippen molar-refractivity contribution in [2.45, 2.75) is 37.6 Å². The minimum absolute atomic E-state index is 0.0843. The Labute approximate surface area is 189 Å². The molecule has 0 aliphatic rings. The molecule has 8 heteroatoms. The molecule has 0 aliphatic heterocycles. The van der Waals surface area contributed by atoms with Crippen LogP contribution in [0.2, 0.25) is 0 Å². The van der Waals surface area contributed by atoms with Crippen molar-refractivity contribution >= 4 is 32.6 Å². The molecule has 32 heavy (non-hydrogen) atoms. The first kappa shape index (κ1) is 23.7. The highest BCUT2D eigenvalue weighted by molar-refractivity contribution is 7.89. The molecule has 1 amide bonds. The molecule has 2 aromatic carbocycles. The number of rotatable bonds is 11. The van der Waals surface area contributed by atoms with Crippen molar-refractivity contribution in [3.05, 3.63) is 66.4 Å². The molecule has 170 valence electrons. The standard InChI is InChI=1S/C24H29N3O4S/c1-19(28)20-10-12-22(13-11-20)32(30,31)26(2)16-5-9-24(29)25-15-6-17-27-18-14-21-7-3-4-8-23(21)27/h3-4,7-8,10-14,18H,5-6,9,15-17H2,1-2H3,(H,25,29). The van der Waals surface area contributed by atoms with Gasteiger partial charge in [0, 0.05) is 50.4 Å². The van der Waals surface area contributed by atoms with Gasteiger partial charge in [0.25, 0.3) is 0 Å². The molecular formula is C24H29N3O4S. The van der Waals surface area contributed by atoms with E-state index in [-0.39, 0.29) is 29.6 Å². The molecule has 0 radical (unpaired) electrons. The van der Waals surface area contributed by atoms with Gasteiger partial charge >= 0.3 is 0 Å². The topological polar surface area (TPSA) is 88.5 Å². The van der Waals surface area contributed by atoms with Crippen molar-refractivity contribution in [1.29, 1.82) is 0 Å². The number of para-hydroxylation sites is 1. The molecule has 3 aromatic rings. The Morgan fingerprint density at radius 2 is 1.72 bits per heavy atom. The number of sulfonamides is 1. The van der Waals surface area contributed by atoms with Crippen molar-refractivity contribution < 1.29 is 18.0 Å². The zero-order valence-corrected chi connectivity index (χ0v) is 19.3. The van der Waals surface area contributed by atoms with E-state index in [4.69, 9.17) is 0 Å². The van der Waals surface area contributed by atoms with Gasteiger partial charge in [-0.25, -0.2) is 12.7 Å². The fourth-order valence-corrected chi connectivity index (χ4v) is 4.73. The summed E-state index contributed by atoms with van der Waals surface area (Å²) in [6.07, 6.45) is 3.55. The van der Waals surface area contributed by atoms with Gasteiger partial charge < -0.3 is 9.88 Å². The number of aryl methyl sites for hydroxylation is 1. The van der Waals surface area contributed by atoms with Crippen LogP contribution >= 0.6 is 0 Å². The fraction of sp³-hybridized carbons (Fsp3) is 0.333. The predicted octanol–water partition coefficient (Wildman–Crippen LogP) is 3.45. The van der Waals surface area contributed by atoms with E-state index in [1.807, 2.05) is 12.1 Å². The minimum atomic E-state index is -3.66. The SMILES string of the molecule is CC(=O)c1ccc(S(=O)(=O)N(C)CCCC(=O)NCCCn2ccc3ccccc32)cc1. The highest BCUT2D eigenvalue weighted by Gasteiger charge is 2.20. The maximum atomic E-state index is 12.6. The van der Waals surface area contributed by atoms with E-state index >= 15 is 0 Å². The molecule has 0 fully saturated rings. The second-order valence-corrected chi connectivity index (χ2v) is 9.83. The molecule has 0 spiro atoms. The molecule has 0 bridgehead atoms. The minimum Gasteiger partial charge on any atom is -0.356 e. The zero-order chi connectivity index (χ0) is 23.1.